The molecule has 1 heterocycles. The number of hydrogen-bond acceptors (Lipinski definition) is 7. The number of hydrogen-bond donors (Lipinski definition) is 1. The number of rotatable bonds is 21. The normalized spacial score (nSPS) is 12.9. The molecule has 7 nitrogen and oxygen atoms in total. The number of benzene rings is 5. The van der Waals surface area contributed by atoms with E-state index in [1.165, 1.54) is 55.9 Å². The summed E-state index contributed by atoms with van der Waals surface area (Å²) in [6.45, 7) is 10.4. The molecule has 0 radical (unpaired) electrons. The minimum absolute atomic E-state index is 0.0296. The van der Waals surface area contributed by atoms with Gasteiger partial charge in [0.1, 0.15) is 23.1 Å². The number of aliphatic carboxylic acids is 1. The number of fused-ring (bicyclic) bond motifs is 3. The largest absolute Gasteiger partial charge is 0.493 e. The SMILES string of the molecule is CCCCC(CC)COc1ccc(N(c2ccc(OCC(CC)CCCC)cc2)c2ccc(-c3ccc4c(c3)C(=O)c3cc(-c5ccc(/C=C(/C#N)C(=O)O)s5)ccc3-4)cc2)cc1. The average molecular weight is 857 g/mol. The van der Waals surface area contributed by atoms with Gasteiger partial charge in [-0.15, -0.1) is 11.3 Å². The Bertz CT molecular complexity index is 2520. The van der Waals surface area contributed by atoms with Gasteiger partial charge in [-0.2, -0.15) is 5.26 Å². The van der Waals surface area contributed by atoms with E-state index in [0.29, 0.717) is 27.8 Å². The lowest BCUT2D eigenvalue weighted by atomic mass is 9.98. The fraction of sp³-hybridized carbons (Fsp3) is 0.291. The van der Waals surface area contributed by atoms with Gasteiger partial charge < -0.3 is 19.5 Å². The van der Waals surface area contributed by atoms with Crippen LogP contribution in [-0.4, -0.2) is 30.1 Å². The monoisotopic (exact) mass is 856 g/mol. The average Bonchev–Trinajstić information content (AvgIpc) is 3.90. The third-order valence-corrected chi connectivity index (χ3v) is 13.2. The van der Waals surface area contributed by atoms with Gasteiger partial charge in [-0.25, -0.2) is 4.79 Å². The minimum Gasteiger partial charge on any atom is -0.493 e. The first kappa shape index (κ1) is 44.6. The van der Waals surface area contributed by atoms with Crippen molar-refractivity contribution in [3.05, 3.63) is 143 Å². The van der Waals surface area contributed by atoms with E-state index in [0.717, 1.165) is 87.3 Å². The van der Waals surface area contributed by atoms with Crippen LogP contribution in [-0.2, 0) is 4.79 Å². The lowest BCUT2D eigenvalue weighted by Crippen LogP contribution is -2.12. The van der Waals surface area contributed by atoms with Crippen molar-refractivity contribution in [3.63, 3.8) is 0 Å². The van der Waals surface area contributed by atoms with Gasteiger partial charge in [0.25, 0.3) is 0 Å². The van der Waals surface area contributed by atoms with E-state index in [1.54, 1.807) is 12.1 Å². The second-order valence-corrected chi connectivity index (χ2v) is 17.5. The van der Waals surface area contributed by atoms with E-state index < -0.39 is 5.97 Å². The Hall–Kier alpha value is -6.43. The van der Waals surface area contributed by atoms with Gasteiger partial charge in [-0.1, -0.05) is 103 Å². The van der Waals surface area contributed by atoms with Crippen LogP contribution in [0.4, 0.5) is 17.1 Å². The zero-order valence-electron chi connectivity index (χ0n) is 36.7. The Balaban J connectivity index is 1.12. The molecule has 0 fully saturated rings. The maximum absolute atomic E-state index is 14.0. The Morgan fingerprint density at radius 1 is 0.651 bits per heavy atom. The summed E-state index contributed by atoms with van der Waals surface area (Å²) < 4.78 is 12.6. The number of carboxylic acid groups (broad SMARTS) is 1. The van der Waals surface area contributed by atoms with Crippen molar-refractivity contribution in [2.24, 2.45) is 11.8 Å². The van der Waals surface area contributed by atoms with Gasteiger partial charge in [0.2, 0.25) is 0 Å². The number of nitriles is 1. The predicted molar refractivity (Wildman–Crippen MR) is 258 cm³/mol. The maximum atomic E-state index is 14.0. The summed E-state index contributed by atoms with van der Waals surface area (Å²) in [4.78, 5) is 29.1. The van der Waals surface area contributed by atoms with Crippen LogP contribution >= 0.6 is 11.3 Å². The Morgan fingerprint density at radius 3 is 1.60 bits per heavy atom. The summed E-state index contributed by atoms with van der Waals surface area (Å²) in [6.07, 6.45) is 10.8. The molecular formula is C55H56N2O5S. The molecular weight excluding hydrogens is 801 g/mol. The van der Waals surface area contributed by atoms with Crippen LogP contribution in [0.3, 0.4) is 0 Å². The number of ether oxygens (including phenoxy) is 2. The fourth-order valence-electron chi connectivity index (χ4n) is 8.14. The molecule has 5 aromatic carbocycles. The molecule has 0 bridgehead atoms. The molecule has 0 amide bonds. The first-order chi connectivity index (χ1) is 30.7. The van der Waals surface area contributed by atoms with E-state index in [1.807, 2.05) is 36.4 Å². The molecule has 1 N–H and O–H groups in total. The van der Waals surface area contributed by atoms with Gasteiger partial charge in [0.15, 0.2) is 5.78 Å². The number of thiophene rings is 1. The third kappa shape index (κ3) is 10.6. The number of carboxylic acids is 1. The number of anilines is 3. The van der Waals surface area contributed by atoms with Crippen molar-refractivity contribution in [2.75, 3.05) is 18.1 Å². The molecule has 7 rings (SSSR count). The van der Waals surface area contributed by atoms with Gasteiger partial charge in [0.05, 0.1) is 13.2 Å². The first-order valence-corrected chi connectivity index (χ1v) is 23.2. The van der Waals surface area contributed by atoms with E-state index in [4.69, 9.17) is 9.47 Å². The van der Waals surface area contributed by atoms with E-state index >= 15 is 0 Å². The van der Waals surface area contributed by atoms with E-state index in [9.17, 15) is 20.0 Å². The number of carbonyl (C=O) groups excluding carboxylic acids is 1. The van der Waals surface area contributed by atoms with Crippen LogP contribution in [0.1, 0.15) is 99.9 Å². The van der Waals surface area contributed by atoms with Crippen LogP contribution in [0.5, 0.6) is 11.5 Å². The van der Waals surface area contributed by atoms with Crippen molar-refractivity contribution in [1.82, 2.24) is 0 Å². The molecule has 2 atom stereocenters. The molecule has 0 saturated heterocycles. The summed E-state index contributed by atoms with van der Waals surface area (Å²) in [5, 5.41) is 18.5. The number of carbonyl (C=O) groups is 2. The quantitative estimate of drug-likeness (QED) is 0.0567. The topological polar surface area (TPSA) is 99.9 Å². The molecule has 0 saturated carbocycles. The summed E-state index contributed by atoms with van der Waals surface area (Å²) in [5.74, 6) is 1.54. The predicted octanol–water partition coefficient (Wildman–Crippen LogP) is 14.9. The van der Waals surface area contributed by atoms with E-state index in [-0.39, 0.29) is 11.4 Å². The molecule has 6 aromatic rings. The molecule has 0 spiro atoms. The lowest BCUT2D eigenvalue weighted by Gasteiger charge is -2.26. The fourth-order valence-corrected chi connectivity index (χ4v) is 9.09. The highest BCUT2D eigenvalue weighted by Crippen LogP contribution is 2.43. The van der Waals surface area contributed by atoms with Crippen molar-refractivity contribution in [3.8, 4) is 50.3 Å². The molecule has 63 heavy (non-hydrogen) atoms. The molecule has 0 aliphatic heterocycles. The Labute approximate surface area is 376 Å². The molecule has 1 aliphatic rings. The summed E-state index contributed by atoms with van der Waals surface area (Å²) >= 11 is 1.37. The zero-order valence-corrected chi connectivity index (χ0v) is 37.5. The highest BCUT2D eigenvalue weighted by molar-refractivity contribution is 7.16. The van der Waals surface area contributed by atoms with Crippen LogP contribution in [0.2, 0.25) is 0 Å². The van der Waals surface area contributed by atoms with Gasteiger partial charge >= 0.3 is 5.97 Å². The molecule has 1 aliphatic carbocycles. The zero-order chi connectivity index (χ0) is 44.3. The van der Waals surface area contributed by atoms with Gasteiger partial charge in [0, 0.05) is 37.9 Å². The number of unbranched alkanes of at least 4 members (excludes halogenated alkanes) is 2. The van der Waals surface area contributed by atoms with Gasteiger partial charge in [-0.05, 0) is 143 Å². The summed E-state index contributed by atoms with van der Waals surface area (Å²) in [5.41, 5.74) is 8.59. The Kier molecular flexibility index (Phi) is 14.9. The van der Waals surface area contributed by atoms with E-state index in [2.05, 4.69) is 111 Å². The van der Waals surface area contributed by atoms with Gasteiger partial charge in [-0.3, -0.25) is 4.79 Å². The second-order valence-electron chi connectivity index (χ2n) is 16.4. The van der Waals surface area contributed by atoms with Crippen LogP contribution < -0.4 is 14.4 Å². The van der Waals surface area contributed by atoms with Crippen molar-refractivity contribution in [2.45, 2.75) is 79.1 Å². The minimum atomic E-state index is -1.26. The highest BCUT2D eigenvalue weighted by Gasteiger charge is 2.28. The first-order valence-electron chi connectivity index (χ1n) is 22.4. The number of nitrogens with zero attached hydrogens (tertiary/aromatic N) is 2. The van der Waals surface area contributed by atoms with Crippen molar-refractivity contribution >= 4 is 46.2 Å². The summed E-state index contributed by atoms with van der Waals surface area (Å²) in [7, 11) is 0. The van der Waals surface area contributed by atoms with Crippen LogP contribution in [0.15, 0.2) is 127 Å². The Morgan fingerprint density at radius 2 is 1.13 bits per heavy atom. The smallest absolute Gasteiger partial charge is 0.346 e. The molecule has 2 unspecified atom stereocenters. The van der Waals surface area contributed by atoms with Crippen LogP contribution in [0, 0.1) is 23.2 Å². The molecule has 8 heteroatoms. The highest BCUT2D eigenvalue weighted by atomic mass is 32.1. The molecule has 322 valence electrons. The van der Waals surface area contributed by atoms with Crippen LogP contribution in [0.25, 0.3) is 38.8 Å². The number of ketones is 1. The lowest BCUT2D eigenvalue weighted by molar-refractivity contribution is -0.132. The molecule has 1 aromatic heterocycles. The second kappa shape index (κ2) is 21.1. The maximum Gasteiger partial charge on any atom is 0.346 e. The van der Waals surface area contributed by atoms with Crippen molar-refractivity contribution in [1.29, 1.82) is 5.26 Å². The third-order valence-electron chi connectivity index (χ3n) is 12.1. The van der Waals surface area contributed by atoms with Crippen molar-refractivity contribution < 1.29 is 24.2 Å². The standard InChI is InChI=1S/C55H56N2O5S/c1-5-9-11-37(7-3)35-61-46-23-19-44(20-24-46)57(45-21-25-47(26-22-45)62-36-38(8-4)12-10-6-2)43-17-13-39(14-18-43)40-15-28-49-50-29-16-41(33-52(50)54(58)51(49)32-40)53-30-27-48(63-53)31-42(34-56)55(59)60/h13-33,37-38H,5-12,35-36H2,1-4H3,(H,59,60)/b42-31-. The summed E-state index contributed by atoms with van der Waals surface area (Å²) in [6, 6.07) is 42.5.